The molecule has 2 N–H and O–H groups in total. The van der Waals surface area contributed by atoms with E-state index in [0.29, 0.717) is 29.2 Å². The summed E-state index contributed by atoms with van der Waals surface area (Å²) in [6, 6.07) is 10.0. The van der Waals surface area contributed by atoms with Crippen LogP contribution in [0.4, 0.5) is 0 Å². The van der Waals surface area contributed by atoms with Crippen LogP contribution in [0, 0.1) is 0 Å². The molecule has 0 aliphatic rings. The number of pyridine rings is 1. The van der Waals surface area contributed by atoms with Crippen LogP contribution < -0.4 is 5.84 Å². The third-order valence-corrected chi connectivity index (χ3v) is 3.79. The summed E-state index contributed by atoms with van der Waals surface area (Å²) in [5.41, 5.74) is 4.35. The Hall–Kier alpha value is -3.42. The molecule has 4 rings (SSSR count). The Labute approximate surface area is 137 Å². The Morgan fingerprint density at radius 3 is 3.04 bits per heavy atom. The normalized spacial score (nSPS) is 12.1. The lowest BCUT2D eigenvalue weighted by molar-refractivity contribution is 0.664. The Balaban J connectivity index is 1.75. The molecular formula is C16H14N8. The summed E-state index contributed by atoms with van der Waals surface area (Å²) in [6.07, 6.45) is 3.38. The predicted molar refractivity (Wildman–Crippen MR) is 90.4 cm³/mol. The van der Waals surface area contributed by atoms with E-state index in [2.05, 4.69) is 36.4 Å². The van der Waals surface area contributed by atoms with Crippen molar-refractivity contribution in [2.24, 2.45) is 10.9 Å². The van der Waals surface area contributed by atoms with E-state index >= 15 is 0 Å². The van der Waals surface area contributed by atoms with Crippen molar-refractivity contribution in [3.8, 4) is 0 Å². The molecule has 24 heavy (non-hydrogen) atoms. The highest BCUT2D eigenvalue weighted by Crippen LogP contribution is 2.15. The van der Waals surface area contributed by atoms with Crippen LogP contribution in [0.1, 0.15) is 18.2 Å². The van der Waals surface area contributed by atoms with Crippen LogP contribution in [0.5, 0.6) is 0 Å². The number of benzene rings is 1. The van der Waals surface area contributed by atoms with E-state index in [-0.39, 0.29) is 0 Å². The molecule has 0 atom stereocenters. The second-order valence-corrected chi connectivity index (χ2v) is 5.39. The average Bonchev–Trinajstić information content (AvgIpc) is 3.03. The van der Waals surface area contributed by atoms with Gasteiger partial charge >= 0.3 is 0 Å². The maximum atomic E-state index is 5.31. The Bertz CT molecular complexity index is 1070. The van der Waals surface area contributed by atoms with Crippen molar-refractivity contribution in [1.82, 2.24) is 29.9 Å². The first-order valence-corrected chi connectivity index (χ1v) is 7.39. The van der Waals surface area contributed by atoms with E-state index in [1.54, 1.807) is 24.0 Å². The molecule has 0 fully saturated rings. The lowest BCUT2D eigenvalue weighted by Crippen LogP contribution is -2.07. The molecule has 118 valence electrons. The van der Waals surface area contributed by atoms with Crippen LogP contribution in [0.2, 0.25) is 0 Å². The van der Waals surface area contributed by atoms with Crippen molar-refractivity contribution in [2.75, 3.05) is 0 Å². The molecule has 0 radical (unpaired) electrons. The maximum Gasteiger partial charge on any atom is 0.221 e. The van der Waals surface area contributed by atoms with Crippen LogP contribution in [-0.2, 0) is 6.54 Å². The summed E-state index contributed by atoms with van der Waals surface area (Å²) >= 11 is 0. The highest BCUT2D eigenvalue weighted by atomic mass is 15.4. The van der Waals surface area contributed by atoms with Crippen LogP contribution in [0.3, 0.4) is 0 Å². The third kappa shape index (κ3) is 2.43. The van der Waals surface area contributed by atoms with Gasteiger partial charge in [0.2, 0.25) is 5.65 Å². The molecule has 0 aliphatic heterocycles. The third-order valence-electron chi connectivity index (χ3n) is 3.79. The van der Waals surface area contributed by atoms with Gasteiger partial charge in [-0.25, -0.2) is 14.6 Å². The molecule has 0 saturated heterocycles. The van der Waals surface area contributed by atoms with Gasteiger partial charge in [0, 0.05) is 11.6 Å². The van der Waals surface area contributed by atoms with Gasteiger partial charge < -0.3 is 5.84 Å². The molecule has 0 bridgehead atoms. The summed E-state index contributed by atoms with van der Waals surface area (Å²) in [7, 11) is 0. The predicted octanol–water partition coefficient (Wildman–Crippen LogP) is 1.50. The first kappa shape index (κ1) is 14.2. The van der Waals surface area contributed by atoms with Crippen molar-refractivity contribution < 1.29 is 0 Å². The van der Waals surface area contributed by atoms with Gasteiger partial charge in [0.05, 0.1) is 24.0 Å². The topological polar surface area (TPSA) is 108 Å². The van der Waals surface area contributed by atoms with E-state index in [0.717, 1.165) is 16.5 Å². The largest absolute Gasteiger partial charge is 0.323 e. The minimum Gasteiger partial charge on any atom is -0.323 e. The number of fused-ring (bicyclic) bond motifs is 2. The quantitative estimate of drug-likeness (QED) is 0.348. The summed E-state index contributed by atoms with van der Waals surface area (Å²) in [4.78, 5) is 13.1. The second-order valence-electron chi connectivity index (χ2n) is 5.39. The van der Waals surface area contributed by atoms with E-state index in [9.17, 15) is 0 Å². The maximum absolute atomic E-state index is 5.31. The molecule has 3 heterocycles. The fourth-order valence-corrected chi connectivity index (χ4v) is 2.50. The summed E-state index contributed by atoms with van der Waals surface area (Å²) in [6.45, 7) is 2.32. The Morgan fingerprint density at radius 2 is 2.17 bits per heavy atom. The molecule has 8 heteroatoms. The number of aromatic nitrogens is 6. The van der Waals surface area contributed by atoms with Gasteiger partial charge in [0.15, 0.2) is 5.65 Å². The molecule has 0 saturated carbocycles. The minimum atomic E-state index is 0.492. The molecule has 1 aromatic carbocycles. The van der Waals surface area contributed by atoms with E-state index in [4.69, 9.17) is 5.84 Å². The minimum absolute atomic E-state index is 0.492. The first-order chi connectivity index (χ1) is 11.7. The van der Waals surface area contributed by atoms with Crippen molar-refractivity contribution >= 4 is 27.9 Å². The zero-order valence-electron chi connectivity index (χ0n) is 13.0. The molecule has 0 aliphatic carbocycles. The number of nitrogens with zero attached hydrogens (tertiary/aromatic N) is 7. The smallest absolute Gasteiger partial charge is 0.221 e. The highest BCUT2D eigenvalue weighted by Gasteiger charge is 2.11. The zero-order valence-corrected chi connectivity index (χ0v) is 13.0. The van der Waals surface area contributed by atoms with E-state index in [1.165, 1.54) is 0 Å². The van der Waals surface area contributed by atoms with Crippen molar-refractivity contribution in [1.29, 1.82) is 0 Å². The zero-order chi connectivity index (χ0) is 16.5. The van der Waals surface area contributed by atoms with Crippen molar-refractivity contribution in [3.05, 3.63) is 54.0 Å². The summed E-state index contributed by atoms with van der Waals surface area (Å²) in [5.74, 6) is 5.31. The standard InChI is InChI=1S/C16H14N8/c1-10(21-17)14-8-19-15-16(20-14)24(23-22-15)9-11-4-5-13-12(7-11)3-2-6-18-13/h2-8H,9,17H2,1H3/b21-10+. The monoisotopic (exact) mass is 318 g/mol. The van der Waals surface area contributed by atoms with E-state index < -0.39 is 0 Å². The SMILES string of the molecule is C/C(=N\N)c1cnc2nnn(Cc3ccc4ncccc4c3)c2n1. The number of rotatable bonds is 3. The molecular weight excluding hydrogens is 304 g/mol. The van der Waals surface area contributed by atoms with Gasteiger partial charge in [-0.1, -0.05) is 17.3 Å². The van der Waals surface area contributed by atoms with Crippen LogP contribution in [0.25, 0.3) is 22.2 Å². The Kier molecular flexibility index (Phi) is 3.34. The molecule has 0 spiro atoms. The van der Waals surface area contributed by atoms with Crippen LogP contribution in [0.15, 0.2) is 47.8 Å². The molecule has 3 aromatic heterocycles. The van der Waals surface area contributed by atoms with Gasteiger partial charge in [-0.05, 0) is 30.7 Å². The van der Waals surface area contributed by atoms with Crippen molar-refractivity contribution in [2.45, 2.75) is 13.5 Å². The van der Waals surface area contributed by atoms with Gasteiger partial charge in [-0.2, -0.15) is 5.10 Å². The second kappa shape index (κ2) is 5.65. The van der Waals surface area contributed by atoms with Gasteiger partial charge in [-0.15, -0.1) is 5.10 Å². The van der Waals surface area contributed by atoms with Crippen LogP contribution >= 0.6 is 0 Å². The summed E-state index contributed by atoms with van der Waals surface area (Å²) in [5, 5.41) is 12.9. The molecule has 0 unspecified atom stereocenters. The lowest BCUT2D eigenvalue weighted by atomic mass is 10.1. The number of nitrogens with two attached hydrogens (primary N) is 1. The fourth-order valence-electron chi connectivity index (χ4n) is 2.50. The lowest BCUT2D eigenvalue weighted by Gasteiger charge is -2.04. The fraction of sp³-hybridized carbons (Fsp3) is 0.125. The number of hydrogen-bond donors (Lipinski definition) is 1. The molecule has 8 nitrogen and oxygen atoms in total. The number of hydrogen-bond acceptors (Lipinski definition) is 7. The Morgan fingerprint density at radius 1 is 1.25 bits per heavy atom. The molecule has 4 aromatic rings. The summed E-state index contributed by atoms with van der Waals surface area (Å²) < 4.78 is 1.72. The first-order valence-electron chi connectivity index (χ1n) is 7.39. The average molecular weight is 318 g/mol. The highest BCUT2D eigenvalue weighted by molar-refractivity contribution is 5.97. The van der Waals surface area contributed by atoms with Gasteiger partial charge in [0.1, 0.15) is 5.69 Å². The number of hydrazone groups is 1. The van der Waals surface area contributed by atoms with Crippen LogP contribution in [-0.4, -0.2) is 35.7 Å². The van der Waals surface area contributed by atoms with Gasteiger partial charge in [-0.3, -0.25) is 4.98 Å². The molecule has 0 amide bonds. The van der Waals surface area contributed by atoms with Gasteiger partial charge in [0.25, 0.3) is 0 Å². The van der Waals surface area contributed by atoms with Crippen molar-refractivity contribution in [3.63, 3.8) is 0 Å². The van der Waals surface area contributed by atoms with E-state index in [1.807, 2.05) is 24.3 Å².